The molecule has 4 rings (SSSR count). The fourth-order valence-electron chi connectivity index (χ4n) is 5.78. The minimum absolute atomic E-state index is 0.00588. The largest absolute Gasteiger partial charge is 0.472 e. The lowest BCUT2D eigenvalue weighted by atomic mass is 9.92. The van der Waals surface area contributed by atoms with Crippen LogP contribution < -0.4 is 5.32 Å². The van der Waals surface area contributed by atoms with E-state index in [1.165, 1.54) is 19.5 Å². The molecule has 1 aromatic carbocycles. The molecule has 6 nitrogen and oxygen atoms in total. The summed E-state index contributed by atoms with van der Waals surface area (Å²) in [5.74, 6) is 2.54. The van der Waals surface area contributed by atoms with Gasteiger partial charge in [0.2, 0.25) is 11.8 Å². The van der Waals surface area contributed by atoms with E-state index in [9.17, 15) is 4.79 Å². The fourth-order valence-corrected chi connectivity index (χ4v) is 6.08. The molecule has 1 N–H and O–H groups in total. The number of rotatable bonds is 8. The maximum Gasteiger partial charge on any atom is 0.223 e. The zero-order valence-corrected chi connectivity index (χ0v) is 22.8. The van der Waals surface area contributed by atoms with Gasteiger partial charge in [0.25, 0.3) is 0 Å². The average molecular weight is 524 g/mol. The number of amides is 1. The van der Waals surface area contributed by atoms with Crippen LogP contribution in [0.1, 0.15) is 52.0 Å². The number of hydrogen-bond acceptors (Lipinski definition) is 5. The SMILES string of the molecule is CC1OC(c2ccc(Cl)c(Cl)c2)=NC1CN1CCC(C(=O)NCCCN2C[C@H](C)C[C@H](C)C2)CC1. The second-order valence-corrected chi connectivity index (χ2v) is 11.7. The molecule has 2 saturated heterocycles. The Labute approximate surface area is 220 Å². The van der Waals surface area contributed by atoms with Gasteiger partial charge >= 0.3 is 0 Å². The second-order valence-electron chi connectivity index (χ2n) is 10.9. The molecule has 0 radical (unpaired) electrons. The van der Waals surface area contributed by atoms with Crippen molar-refractivity contribution in [1.29, 1.82) is 0 Å². The zero-order valence-electron chi connectivity index (χ0n) is 21.3. The number of carbonyl (C=O) groups is 1. The highest BCUT2D eigenvalue weighted by atomic mass is 35.5. The van der Waals surface area contributed by atoms with Crippen molar-refractivity contribution in [2.45, 2.75) is 58.6 Å². The van der Waals surface area contributed by atoms with Crippen molar-refractivity contribution >= 4 is 35.0 Å². The maximum atomic E-state index is 12.7. The first-order valence-corrected chi connectivity index (χ1v) is 14.0. The van der Waals surface area contributed by atoms with Crippen LogP contribution in [0, 0.1) is 17.8 Å². The highest BCUT2D eigenvalue weighted by molar-refractivity contribution is 6.42. The molecule has 2 fully saturated rings. The summed E-state index contributed by atoms with van der Waals surface area (Å²) >= 11 is 12.2. The molecule has 35 heavy (non-hydrogen) atoms. The van der Waals surface area contributed by atoms with Gasteiger partial charge in [-0.25, -0.2) is 4.99 Å². The van der Waals surface area contributed by atoms with Gasteiger partial charge in [0.1, 0.15) is 12.1 Å². The minimum atomic E-state index is 0.00588. The third-order valence-corrected chi connectivity index (χ3v) is 8.33. The highest BCUT2D eigenvalue weighted by Crippen LogP contribution is 2.27. The summed E-state index contributed by atoms with van der Waals surface area (Å²) in [5, 5.41) is 4.22. The number of likely N-dealkylation sites (tertiary alicyclic amines) is 2. The molecule has 0 aromatic heterocycles. The minimum Gasteiger partial charge on any atom is -0.472 e. The molecule has 194 valence electrons. The van der Waals surface area contributed by atoms with Crippen LogP contribution in [0.25, 0.3) is 0 Å². The van der Waals surface area contributed by atoms with Gasteiger partial charge in [-0.3, -0.25) is 4.79 Å². The van der Waals surface area contributed by atoms with Crippen molar-refractivity contribution in [3.05, 3.63) is 33.8 Å². The van der Waals surface area contributed by atoms with Crippen LogP contribution in [0.2, 0.25) is 10.0 Å². The van der Waals surface area contributed by atoms with Crippen LogP contribution in [0.5, 0.6) is 0 Å². The summed E-state index contributed by atoms with van der Waals surface area (Å²) in [7, 11) is 0. The zero-order chi connectivity index (χ0) is 24.9. The monoisotopic (exact) mass is 522 g/mol. The van der Waals surface area contributed by atoms with Crippen LogP contribution in [0.15, 0.2) is 23.2 Å². The van der Waals surface area contributed by atoms with Crippen LogP contribution in [-0.4, -0.2) is 79.6 Å². The third-order valence-electron chi connectivity index (χ3n) is 7.59. The lowest BCUT2D eigenvalue weighted by Gasteiger charge is -2.35. The maximum absolute atomic E-state index is 12.7. The number of benzene rings is 1. The van der Waals surface area contributed by atoms with Gasteiger partial charge in [0, 0.05) is 37.7 Å². The van der Waals surface area contributed by atoms with Crippen molar-refractivity contribution < 1.29 is 9.53 Å². The fraction of sp³-hybridized carbons (Fsp3) is 0.704. The normalized spacial score (nSPS) is 28.5. The first-order chi connectivity index (χ1) is 16.8. The molecule has 3 heterocycles. The van der Waals surface area contributed by atoms with Crippen molar-refractivity contribution in [3.63, 3.8) is 0 Å². The van der Waals surface area contributed by atoms with E-state index < -0.39 is 0 Å². The number of carbonyl (C=O) groups excluding carboxylic acids is 1. The molecule has 2 unspecified atom stereocenters. The van der Waals surface area contributed by atoms with Crippen molar-refractivity contribution in [3.8, 4) is 0 Å². The smallest absolute Gasteiger partial charge is 0.223 e. The van der Waals surface area contributed by atoms with Gasteiger partial charge in [0.05, 0.1) is 10.0 Å². The Morgan fingerprint density at radius 2 is 1.80 bits per heavy atom. The molecule has 4 atom stereocenters. The Morgan fingerprint density at radius 1 is 1.09 bits per heavy atom. The summed E-state index contributed by atoms with van der Waals surface area (Å²) in [5.41, 5.74) is 0.855. The molecule has 8 heteroatoms. The van der Waals surface area contributed by atoms with Gasteiger partial charge < -0.3 is 19.9 Å². The second kappa shape index (κ2) is 12.3. The van der Waals surface area contributed by atoms with E-state index >= 15 is 0 Å². The van der Waals surface area contributed by atoms with Gasteiger partial charge in [0.15, 0.2) is 0 Å². The molecule has 1 amide bonds. The van der Waals surface area contributed by atoms with E-state index in [4.69, 9.17) is 32.9 Å². The predicted molar refractivity (Wildman–Crippen MR) is 144 cm³/mol. The standard InChI is InChI=1S/C27H40Cl2N4O2/c1-18-13-19(2)16-33(15-18)10-4-9-30-26(34)21-7-11-32(12-8-21)17-25-20(3)35-27(31-25)22-5-6-23(28)24(29)14-22/h5-6,14,18-21,25H,4,7-13,15-17H2,1-3H3,(H,30,34)/t18-,19+,20?,25?. The number of ether oxygens (including phenoxy) is 1. The van der Waals surface area contributed by atoms with Crippen molar-refractivity contribution in [2.24, 2.45) is 22.7 Å². The molecule has 3 aliphatic rings. The number of aliphatic imine (C=N–C) groups is 1. The van der Waals surface area contributed by atoms with Gasteiger partial charge in [-0.2, -0.15) is 0 Å². The van der Waals surface area contributed by atoms with Crippen LogP contribution in [0.4, 0.5) is 0 Å². The van der Waals surface area contributed by atoms with Crippen LogP contribution >= 0.6 is 23.2 Å². The number of piperidine rings is 2. The van der Waals surface area contributed by atoms with E-state index in [0.29, 0.717) is 15.9 Å². The first kappa shape index (κ1) is 26.7. The molecule has 0 saturated carbocycles. The molecule has 0 spiro atoms. The predicted octanol–water partition coefficient (Wildman–Crippen LogP) is 4.72. The Kier molecular flexibility index (Phi) is 9.36. The van der Waals surface area contributed by atoms with Crippen molar-refractivity contribution in [2.75, 3.05) is 45.8 Å². The molecule has 0 aliphatic carbocycles. The summed E-state index contributed by atoms with van der Waals surface area (Å²) in [6.07, 6.45) is 4.18. The Hall–Kier alpha value is -1.34. The van der Waals surface area contributed by atoms with E-state index in [1.54, 1.807) is 12.1 Å². The number of nitrogens with one attached hydrogen (secondary N) is 1. The molecule has 1 aromatic rings. The Bertz CT molecular complexity index is 893. The van der Waals surface area contributed by atoms with E-state index in [1.807, 2.05) is 6.07 Å². The molecule has 0 bridgehead atoms. The Balaban J connectivity index is 1.16. The molecule has 3 aliphatic heterocycles. The molecular formula is C27H40Cl2N4O2. The van der Waals surface area contributed by atoms with Crippen LogP contribution in [-0.2, 0) is 9.53 Å². The summed E-state index contributed by atoms with van der Waals surface area (Å²) in [4.78, 5) is 22.5. The first-order valence-electron chi connectivity index (χ1n) is 13.2. The number of nitrogens with zero attached hydrogens (tertiary/aromatic N) is 3. The topological polar surface area (TPSA) is 57.2 Å². The van der Waals surface area contributed by atoms with E-state index in [0.717, 1.165) is 69.4 Å². The van der Waals surface area contributed by atoms with Gasteiger partial charge in [-0.05, 0) is 82.3 Å². The van der Waals surface area contributed by atoms with Gasteiger partial charge in [-0.1, -0.05) is 37.0 Å². The summed E-state index contributed by atoms with van der Waals surface area (Å²) in [6.45, 7) is 13.7. The molecular weight excluding hydrogens is 483 g/mol. The number of hydrogen-bond donors (Lipinski definition) is 1. The third kappa shape index (κ3) is 7.34. The van der Waals surface area contributed by atoms with Crippen molar-refractivity contribution in [1.82, 2.24) is 15.1 Å². The summed E-state index contributed by atoms with van der Waals surface area (Å²) in [6, 6.07) is 5.54. The lowest BCUT2D eigenvalue weighted by Crippen LogP contribution is -2.44. The van der Waals surface area contributed by atoms with E-state index in [-0.39, 0.29) is 24.0 Å². The van der Waals surface area contributed by atoms with Crippen LogP contribution in [0.3, 0.4) is 0 Å². The highest BCUT2D eigenvalue weighted by Gasteiger charge is 2.32. The van der Waals surface area contributed by atoms with E-state index in [2.05, 4.69) is 35.9 Å². The number of halogens is 2. The van der Waals surface area contributed by atoms with Gasteiger partial charge in [-0.15, -0.1) is 0 Å². The quantitative estimate of drug-likeness (QED) is 0.501. The Morgan fingerprint density at radius 3 is 2.49 bits per heavy atom. The average Bonchev–Trinajstić information content (AvgIpc) is 3.18. The summed E-state index contributed by atoms with van der Waals surface area (Å²) < 4.78 is 6.02. The lowest BCUT2D eigenvalue weighted by molar-refractivity contribution is -0.126.